The molecule has 1 N–H and O–H groups in total. The van der Waals surface area contributed by atoms with Crippen molar-refractivity contribution in [1.29, 1.82) is 0 Å². The van der Waals surface area contributed by atoms with Crippen LogP contribution in [0.2, 0.25) is 0 Å². The summed E-state index contributed by atoms with van der Waals surface area (Å²) >= 11 is 0. The number of nitrogens with zero attached hydrogens (tertiary/aromatic N) is 3. The lowest BCUT2D eigenvalue weighted by Crippen LogP contribution is -2.27. The van der Waals surface area contributed by atoms with Crippen LogP contribution >= 0.6 is 0 Å². The Hall–Kier alpha value is -3.06. The number of halogens is 1. The third kappa shape index (κ3) is 3.34. The van der Waals surface area contributed by atoms with Gasteiger partial charge < -0.3 is 10.1 Å². The molecule has 0 saturated carbocycles. The Balaban J connectivity index is 1.44. The standard InChI is InChI=1S/C19H17FN4O2/c20-15-8-6-13(7-9-15)10-21-19(25)18-16-12-26-17(11-24(16)23-22-18)14-4-2-1-3-5-14/h1-9,17H,10-12H2,(H,21,25)/t17-/m0/s1. The molecule has 0 radical (unpaired) electrons. The molecule has 1 atom stereocenters. The van der Waals surface area contributed by atoms with Gasteiger partial charge in [-0.1, -0.05) is 47.7 Å². The molecule has 132 valence electrons. The second kappa shape index (κ2) is 7.05. The fourth-order valence-electron chi connectivity index (χ4n) is 2.93. The van der Waals surface area contributed by atoms with Gasteiger partial charge in [0.1, 0.15) is 11.9 Å². The minimum atomic E-state index is -0.322. The summed E-state index contributed by atoms with van der Waals surface area (Å²) in [6, 6.07) is 15.9. The van der Waals surface area contributed by atoms with Crippen molar-refractivity contribution < 1.29 is 13.9 Å². The smallest absolute Gasteiger partial charge is 0.274 e. The summed E-state index contributed by atoms with van der Waals surface area (Å²) in [5.74, 6) is -0.630. The number of hydrogen-bond donors (Lipinski definition) is 1. The Morgan fingerprint density at radius 2 is 1.96 bits per heavy atom. The van der Waals surface area contributed by atoms with Crippen LogP contribution in [0.15, 0.2) is 54.6 Å². The van der Waals surface area contributed by atoms with E-state index in [-0.39, 0.29) is 30.1 Å². The summed E-state index contributed by atoms with van der Waals surface area (Å²) in [7, 11) is 0. The van der Waals surface area contributed by atoms with E-state index in [9.17, 15) is 9.18 Å². The fourth-order valence-corrected chi connectivity index (χ4v) is 2.93. The molecular formula is C19H17FN4O2. The van der Waals surface area contributed by atoms with Gasteiger partial charge in [-0.25, -0.2) is 9.07 Å². The van der Waals surface area contributed by atoms with E-state index in [1.165, 1.54) is 12.1 Å². The minimum absolute atomic E-state index is 0.111. The fraction of sp³-hybridized carbons (Fsp3) is 0.211. The largest absolute Gasteiger partial charge is 0.365 e. The number of carbonyl (C=O) groups is 1. The molecule has 26 heavy (non-hydrogen) atoms. The van der Waals surface area contributed by atoms with Gasteiger partial charge in [0.2, 0.25) is 0 Å². The average Bonchev–Trinajstić information content (AvgIpc) is 3.11. The van der Waals surface area contributed by atoms with E-state index >= 15 is 0 Å². The maximum absolute atomic E-state index is 12.9. The highest BCUT2D eigenvalue weighted by atomic mass is 19.1. The maximum Gasteiger partial charge on any atom is 0.274 e. The first kappa shape index (κ1) is 16.4. The van der Waals surface area contributed by atoms with Crippen LogP contribution < -0.4 is 5.32 Å². The highest BCUT2D eigenvalue weighted by molar-refractivity contribution is 5.93. The van der Waals surface area contributed by atoms with Crippen LogP contribution in [0, 0.1) is 5.82 Å². The normalized spacial score (nSPS) is 16.1. The van der Waals surface area contributed by atoms with Gasteiger partial charge in [0.25, 0.3) is 5.91 Å². The van der Waals surface area contributed by atoms with E-state index in [2.05, 4.69) is 15.6 Å². The highest BCUT2D eigenvalue weighted by Crippen LogP contribution is 2.26. The molecule has 2 aromatic carbocycles. The van der Waals surface area contributed by atoms with Crippen LogP contribution in [0.5, 0.6) is 0 Å². The summed E-state index contributed by atoms with van der Waals surface area (Å²) in [6.45, 7) is 1.07. The Kier molecular flexibility index (Phi) is 4.45. The van der Waals surface area contributed by atoms with Gasteiger partial charge in [0.15, 0.2) is 5.69 Å². The van der Waals surface area contributed by atoms with Gasteiger partial charge in [-0.2, -0.15) is 0 Å². The Labute approximate surface area is 149 Å². The average molecular weight is 352 g/mol. The molecule has 3 aromatic rings. The van der Waals surface area contributed by atoms with Crippen LogP contribution in [0.3, 0.4) is 0 Å². The van der Waals surface area contributed by atoms with E-state index in [1.807, 2.05) is 30.3 Å². The van der Waals surface area contributed by atoms with Gasteiger partial charge >= 0.3 is 0 Å². The number of benzene rings is 2. The molecule has 7 heteroatoms. The van der Waals surface area contributed by atoms with E-state index in [0.29, 0.717) is 18.8 Å². The lowest BCUT2D eigenvalue weighted by atomic mass is 10.1. The van der Waals surface area contributed by atoms with Crippen molar-refractivity contribution in [3.63, 3.8) is 0 Å². The summed E-state index contributed by atoms with van der Waals surface area (Å²) in [5, 5.41) is 10.9. The van der Waals surface area contributed by atoms with Gasteiger partial charge in [-0.15, -0.1) is 5.10 Å². The minimum Gasteiger partial charge on any atom is -0.365 e. The number of aromatic nitrogens is 3. The monoisotopic (exact) mass is 352 g/mol. The van der Waals surface area contributed by atoms with Crippen LogP contribution in [-0.4, -0.2) is 20.9 Å². The number of hydrogen-bond acceptors (Lipinski definition) is 4. The second-order valence-electron chi connectivity index (χ2n) is 6.09. The van der Waals surface area contributed by atoms with Crippen molar-refractivity contribution in [2.45, 2.75) is 25.8 Å². The zero-order chi connectivity index (χ0) is 17.9. The molecule has 1 aliphatic heterocycles. The number of nitrogens with one attached hydrogen (secondary N) is 1. The number of amides is 1. The molecule has 0 aliphatic carbocycles. The van der Waals surface area contributed by atoms with Gasteiger partial charge in [-0.05, 0) is 23.3 Å². The third-order valence-electron chi connectivity index (χ3n) is 4.35. The lowest BCUT2D eigenvalue weighted by Gasteiger charge is -2.24. The number of ether oxygens (including phenoxy) is 1. The molecule has 6 nitrogen and oxygen atoms in total. The van der Waals surface area contributed by atoms with Gasteiger partial charge in [-0.3, -0.25) is 4.79 Å². The van der Waals surface area contributed by atoms with Crippen molar-refractivity contribution in [2.75, 3.05) is 0 Å². The predicted molar refractivity (Wildman–Crippen MR) is 91.6 cm³/mol. The first-order valence-electron chi connectivity index (χ1n) is 8.32. The SMILES string of the molecule is O=C(NCc1ccc(F)cc1)c1nnn2c1CO[C@H](c1ccccc1)C2. The van der Waals surface area contributed by atoms with Crippen molar-refractivity contribution in [3.05, 3.63) is 82.9 Å². The number of carbonyl (C=O) groups excluding carboxylic acids is 1. The number of fused-ring (bicyclic) bond motifs is 1. The number of rotatable bonds is 4. The quantitative estimate of drug-likeness (QED) is 0.784. The first-order chi connectivity index (χ1) is 12.7. The molecule has 0 bridgehead atoms. The molecular weight excluding hydrogens is 335 g/mol. The van der Waals surface area contributed by atoms with E-state index < -0.39 is 0 Å². The first-order valence-corrected chi connectivity index (χ1v) is 8.32. The van der Waals surface area contributed by atoms with Crippen LogP contribution in [0.4, 0.5) is 4.39 Å². The predicted octanol–water partition coefficient (Wildman–Crippen LogP) is 2.62. The highest BCUT2D eigenvalue weighted by Gasteiger charge is 2.27. The molecule has 0 unspecified atom stereocenters. The van der Waals surface area contributed by atoms with E-state index in [4.69, 9.17) is 4.74 Å². The molecule has 2 heterocycles. The third-order valence-corrected chi connectivity index (χ3v) is 4.35. The van der Waals surface area contributed by atoms with Gasteiger partial charge in [0, 0.05) is 6.54 Å². The van der Waals surface area contributed by atoms with Crippen molar-refractivity contribution in [3.8, 4) is 0 Å². The Bertz CT molecular complexity index is 909. The molecule has 0 saturated heterocycles. The maximum atomic E-state index is 12.9. The summed E-state index contributed by atoms with van der Waals surface area (Å²) in [5.41, 5.74) is 2.80. The zero-order valence-electron chi connectivity index (χ0n) is 13.9. The zero-order valence-corrected chi connectivity index (χ0v) is 13.9. The molecule has 1 aromatic heterocycles. The molecule has 1 amide bonds. The molecule has 1 aliphatic rings. The van der Waals surface area contributed by atoms with Gasteiger partial charge in [0.05, 0.1) is 18.8 Å². The topological polar surface area (TPSA) is 69.0 Å². The summed E-state index contributed by atoms with van der Waals surface area (Å²) in [4.78, 5) is 12.4. The van der Waals surface area contributed by atoms with Crippen molar-refractivity contribution >= 4 is 5.91 Å². The van der Waals surface area contributed by atoms with Crippen LogP contribution in [0.25, 0.3) is 0 Å². The van der Waals surface area contributed by atoms with Crippen LogP contribution in [0.1, 0.15) is 33.4 Å². The Morgan fingerprint density at radius 3 is 2.73 bits per heavy atom. The molecule has 0 fully saturated rings. The van der Waals surface area contributed by atoms with E-state index in [1.54, 1.807) is 16.8 Å². The van der Waals surface area contributed by atoms with Crippen molar-refractivity contribution in [2.24, 2.45) is 0 Å². The molecule has 4 rings (SSSR count). The Morgan fingerprint density at radius 1 is 1.19 bits per heavy atom. The summed E-state index contributed by atoms with van der Waals surface area (Å²) < 4.78 is 20.5. The van der Waals surface area contributed by atoms with Crippen molar-refractivity contribution in [1.82, 2.24) is 20.3 Å². The molecule has 0 spiro atoms. The van der Waals surface area contributed by atoms with E-state index in [0.717, 1.165) is 11.1 Å². The lowest BCUT2D eigenvalue weighted by molar-refractivity contribution is -0.00177. The second-order valence-corrected chi connectivity index (χ2v) is 6.09. The summed E-state index contributed by atoms with van der Waals surface area (Å²) in [6.07, 6.45) is -0.111. The van der Waals surface area contributed by atoms with Crippen LogP contribution in [-0.2, 0) is 24.4 Å².